The lowest BCUT2D eigenvalue weighted by molar-refractivity contribution is -0.141. The van der Waals surface area contributed by atoms with Gasteiger partial charge in [0.15, 0.2) is 0 Å². The SMILES string of the molecule is CCCC(=S)N(c1c(C)cc(Br)cc1CC)C(C)C(=O)OC. The fraction of sp³-hybridized carbons (Fsp3) is 0.529. The standard InChI is InChI=1S/C17H24BrNO2S/c1-6-8-15(22)19(12(4)17(20)21-5)16-11(3)9-14(18)10-13(16)7-2/h9-10,12H,6-8H2,1-5H3. The topological polar surface area (TPSA) is 29.5 Å². The van der Waals surface area contributed by atoms with Crippen molar-refractivity contribution in [1.29, 1.82) is 0 Å². The molecule has 122 valence electrons. The highest BCUT2D eigenvalue weighted by atomic mass is 79.9. The average molecular weight is 386 g/mol. The summed E-state index contributed by atoms with van der Waals surface area (Å²) < 4.78 is 5.97. The Hall–Kier alpha value is -0.940. The van der Waals surface area contributed by atoms with E-state index < -0.39 is 6.04 Å². The third-order valence-electron chi connectivity index (χ3n) is 3.63. The molecule has 1 atom stereocenters. The van der Waals surface area contributed by atoms with Crippen LogP contribution in [0, 0.1) is 6.92 Å². The quantitative estimate of drug-likeness (QED) is 0.518. The van der Waals surface area contributed by atoms with Gasteiger partial charge in [-0.25, -0.2) is 4.79 Å². The van der Waals surface area contributed by atoms with Crippen LogP contribution in [0.2, 0.25) is 0 Å². The lowest BCUT2D eigenvalue weighted by Gasteiger charge is -2.33. The third-order valence-corrected chi connectivity index (χ3v) is 4.49. The third kappa shape index (κ3) is 4.29. The number of anilines is 1. The maximum atomic E-state index is 12.1. The van der Waals surface area contributed by atoms with Crippen molar-refractivity contribution in [1.82, 2.24) is 0 Å². The number of nitrogens with zero attached hydrogens (tertiary/aromatic N) is 1. The molecule has 0 saturated carbocycles. The van der Waals surface area contributed by atoms with Gasteiger partial charge in [-0.15, -0.1) is 0 Å². The van der Waals surface area contributed by atoms with Gasteiger partial charge in [-0.05, 0) is 56.4 Å². The fourth-order valence-corrected chi connectivity index (χ4v) is 3.64. The van der Waals surface area contributed by atoms with Gasteiger partial charge in [-0.3, -0.25) is 0 Å². The summed E-state index contributed by atoms with van der Waals surface area (Å²) in [4.78, 5) is 14.8. The van der Waals surface area contributed by atoms with E-state index in [1.807, 2.05) is 18.7 Å². The predicted molar refractivity (Wildman–Crippen MR) is 99.7 cm³/mol. The van der Waals surface area contributed by atoms with Crippen LogP contribution in [0.15, 0.2) is 16.6 Å². The molecule has 0 saturated heterocycles. The molecule has 1 rings (SSSR count). The van der Waals surface area contributed by atoms with Crippen LogP contribution in [0.5, 0.6) is 0 Å². The van der Waals surface area contributed by atoms with E-state index in [-0.39, 0.29) is 5.97 Å². The summed E-state index contributed by atoms with van der Waals surface area (Å²) >= 11 is 9.15. The average Bonchev–Trinajstić information content (AvgIpc) is 2.48. The Morgan fingerprint density at radius 2 is 2.05 bits per heavy atom. The molecule has 0 radical (unpaired) electrons. The van der Waals surface area contributed by atoms with Gasteiger partial charge in [0.2, 0.25) is 0 Å². The van der Waals surface area contributed by atoms with Crippen LogP contribution >= 0.6 is 28.1 Å². The Balaban J connectivity index is 3.45. The molecule has 0 aliphatic rings. The molecule has 0 aliphatic heterocycles. The number of thiocarbonyl (C=S) groups is 1. The van der Waals surface area contributed by atoms with Crippen LogP contribution < -0.4 is 4.90 Å². The molecule has 0 amide bonds. The molecule has 0 N–H and O–H groups in total. The van der Waals surface area contributed by atoms with Crippen LogP contribution in [-0.4, -0.2) is 24.1 Å². The molecule has 0 bridgehead atoms. The molecule has 0 spiro atoms. The van der Waals surface area contributed by atoms with Crippen molar-refractivity contribution < 1.29 is 9.53 Å². The first-order chi connectivity index (χ1) is 10.4. The summed E-state index contributed by atoms with van der Waals surface area (Å²) in [6.45, 7) is 8.08. The normalized spacial score (nSPS) is 11.9. The zero-order valence-corrected chi connectivity index (χ0v) is 16.3. The predicted octanol–water partition coefficient (Wildman–Crippen LogP) is 4.82. The maximum Gasteiger partial charge on any atom is 0.328 e. The number of methoxy groups -OCH3 is 1. The Morgan fingerprint density at radius 1 is 1.41 bits per heavy atom. The van der Waals surface area contributed by atoms with Crippen LogP contribution in [0.25, 0.3) is 0 Å². The van der Waals surface area contributed by atoms with E-state index in [2.05, 4.69) is 41.9 Å². The highest BCUT2D eigenvalue weighted by Crippen LogP contribution is 2.32. The molecule has 0 heterocycles. The summed E-state index contributed by atoms with van der Waals surface area (Å²) in [6.07, 6.45) is 2.59. The number of benzene rings is 1. The first-order valence-corrected chi connectivity index (χ1v) is 8.76. The van der Waals surface area contributed by atoms with Gasteiger partial charge in [0.05, 0.1) is 12.1 Å². The highest BCUT2D eigenvalue weighted by molar-refractivity contribution is 9.10. The Kier molecular flexibility index (Phi) is 7.49. The van der Waals surface area contributed by atoms with Crippen molar-refractivity contribution in [3.63, 3.8) is 0 Å². The van der Waals surface area contributed by atoms with Crippen LogP contribution in [0.4, 0.5) is 5.69 Å². The first kappa shape index (κ1) is 19.1. The molecule has 0 aromatic heterocycles. The largest absolute Gasteiger partial charge is 0.467 e. The summed E-state index contributed by atoms with van der Waals surface area (Å²) in [6, 6.07) is 3.71. The van der Waals surface area contributed by atoms with E-state index in [9.17, 15) is 4.79 Å². The second-order valence-electron chi connectivity index (χ2n) is 5.30. The lowest BCUT2D eigenvalue weighted by Crippen LogP contribution is -2.44. The molecule has 1 aromatic carbocycles. The van der Waals surface area contributed by atoms with Crippen molar-refractivity contribution in [2.24, 2.45) is 0 Å². The molecular weight excluding hydrogens is 362 g/mol. The van der Waals surface area contributed by atoms with Gasteiger partial charge >= 0.3 is 5.97 Å². The minimum Gasteiger partial charge on any atom is -0.467 e. The van der Waals surface area contributed by atoms with Crippen LogP contribution in [0.3, 0.4) is 0 Å². The number of hydrogen-bond acceptors (Lipinski definition) is 3. The number of carbonyl (C=O) groups excluding carboxylic acids is 1. The van der Waals surface area contributed by atoms with Crippen molar-refractivity contribution in [2.45, 2.75) is 53.0 Å². The lowest BCUT2D eigenvalue weighted by atomic mass is 10.0. The number of hydrogen-bond donors (Lipinski definition) is 0. The number of aryl methyl sites for hydroxylation is 2. The van der Waals surface area contributed by atoms with Gasteiger partial charge in [-0.2, -0.15) is 0 Å². The van der Waals surface area contributed by atoms with E-state index in [4.69, 9.17) is 17.0 Å². The number of carbonyl (C=O) groups is 1. The smallest absolute Gasteiger partial charge is 0.328 e. The Morgan fingerprint density at radius 3 is 2.55 bits per heavy atom. The van der Waals surface area contributed by atoms with Gasteiger partial charge < -0.3 is 9.64 Å². The van der Waals surface area contributed by atoms with Crippen molar-refractivity contribution in [3.8, 4) is 0 Å². The Bertz CT molecular complexity index is 560. The number of esters is 1. The monoisotopic (exact) mass is 385 g/mol. The number of ether oxygens (including phenoxy) is 1. The molecule has 1 aromatic rings. The molecule has 0 fully saturated rings. The zero-order valence-electron chi connectivity index (χ0n) is 13.9. The van der Waals surface area contributed by atoms with E-state index in [1.165, 1.54) is 12.7 Å². The van der Waals surface area contributed by atoms with Gasteiger partial charge in [0.1, 0.15) is 6.04 Å². The zero-order chi connectivity index (χ0) is 16.9. The minimum atomic E-state index is -0.436. The summed E-state index contributed by atoms with van der Waals surface area (Å²) in [5, 5.41) is 0. The maximum absolute atomic E-state index is 12.1. The number of halogens is 1. The van der Waals surface area contributed by atoms with Gasteiger partial charge in [-0.1, -0.05) is 42.0 Å². The number of rotatable bonds is 6. The fourth-order valence-electron chi connectivity index (χ4n) is 2.56. The second kappa shape index (κ2) is 8.63. The van der Waals surface area contributed by atoms with E-state index in [0.717, 1.165) is 40.0 Å². The van der Waals surface area contributed by atoms with Crippen LogP contribution in [0.1, 0.15) is 44.7 Å². The van der Waals surface area contributed by atoms with E-state index in [0.29, 0.717) is 0 Å². The van der Waals surface area contributed by atoms with Gasteiger partial charge in [0, 0.05) is 10.2 Å². The van der Waals surface area contributed by atoms with E-state index >= 15 is 0 Å². The molecule has 3 nitrogen and oxygen atoms in total. The highest BCUT2D eigenvalue weighted by Gasteiger charge is 2.28. The molecule has 22 heavy (non-hydrogen) atoms. The van der Waals surface area contributed by atoms with Gasteiger partial charge in [0.25, 0.3) is 0 Å². The molecule has 5 heteroatoms. The second-order valence-corrected chi connectivity index (χ2v) is 6.68. The van der Waals surface area contributed by atoms with Crippen LogP contribution in [-0.2, 0) is 16.0 Å². The summed E-state index contributed by atoms with van der Waals surface area (Å²) in [5.41, 5.74) is 3.29. The molecule has 1 unspecified atom stereocenters. The van der Waals surface area contributed by atoms with E-state index in [1.54, 1.807) is 0 Å². The minimum absolute atomic E-state index is 0.275. The van der Waals surface area contributed by atoms with Crippen molar-refractivity contribution in [3.05, 3.63) is 27.7 Å². The summed E-state index contributed by atoms with van der Waals surface area (Å²) in [5.74, 6) is -0.275. The van der Waals surface area contributed by atoms with Crippen molar-refractivity contribution in [2.75, 3.05) is 12.0 Å². The molecular formula is C17H24BrNO2S. The summed E-state index contributed by atoms with van der Waals surface area (Å²) in [7, 11) is 1.41. The molecule has 0 aliphatic carbocycles. The van der Waals surface area contributed by atoms with Crippen molar-refractivity contribution >= 4 is 44.8 Å². The Labute approximate surface area is 147 Å². The first-order valence-electron chi connectivity index (χ1n) is 7.56.